The lowest BCUT2D eigenvalue weighted by molar-refractivity contribution is -0.152. The highest BCUT2D eigenvalue weighted by Crippen LogP contribution is 2.35. The van der Waals surface area contributed by atoms with E-state index in [-0.39, 0.29) is 12.4 Å². The minimum Gasteiger partial charge on any atom is -0.387 e. The van der Waals surface area contributed by atoms with E-state index >= 15 is 0 Å². The third-order valence-corrected chi connectivity index (χ3v) is 4.78. The molecule has 5 atom stereocenters. The maximum atomic E-state index is 9.88. The maximum absolute atomic E-state index is 9.88. The molecular weight excluding hydrogens is 296 g/mol. The second kappa shape index (κ2) is 10.6. The predicted octanol–water partition coefficient (Wildman–Crippen LogP) is 2.77. The zero-order valence-corrected chi connectivity index (χ0v) is 14.5. The number of unbranched alkanes of at least 4 members (excludes halogenated alkanes) is 9. The molecule has 5 unspecified atom stereocenters. The Labute approximate surface area is 140 Å². The Morgan fingerprint density at radius 3 is 2.04 bits per heavy atom. The highest BCUT2D eigenvalue weighted by molar-refractivity contribution is 4.97. The topological polar surface area (TPSA) is 71.5 Å². The predicted molar refractivity (Wildman–Crippen MR) is 88.2 cm³/mol. The van der Waals surface area contributed by atoms with E-state index in [4.69, 9.17) is 14.2 Å². The third kappa shape index (κ3) is 6.67. The minimum atomic E-state index is -0.911. The molecule has 5 heteroatoms. The lowest BCUT2D eigenvalue weighted by Gasteiger charge is -2.28. The fourth-order valence-electron chi connectivity index (χ4n) is 3.16. The van der Waals surface area contributed by atoms with Crippen molar-refractivity contribution in [3.63, 3.8) is 0 Å². The van der Waals surface area contributed by atoms with Gasteiger partial charge in [-0.05, 0) is 6.42 Å². The summed E-state index contributed by atoms with van der Waals surface area (Å²) in [5.41, 5.74) is 0. The molecule has 0 aliphatic carbocycles. The van der Waals surface area contributed by atoms with Gasteiger partial charge >= 0.3 is 0 Å². The Hall–Kier alpha value is -0.200. The standard InChI is InChI=1S/C18H34O5/c1-2-3-4-5-6-7-8-9-10-11-12-21-13-14-15(19)16(20)17-18(22-14)23-17/h14-20H,2-13H2,1H3. The van der Waals surface area contributed by atoms with E-state index in [1.165, 1.54) is 57.8 Å². The highest BCUT2D eigenvalue weighted by atomic mass is 16.8. The minimum absolute atomic E-state index is 0.322. The number of hydrogen-bond acceptors (Lipinski definition) is 5. The SMILES string of the molecule is CCCCCCCCCCCCOCC1OC2OC2C(O)C1O. The molecule has 0 aromatic rings. The van der Waals surface area contributed by atoms with Crippen molar-refractivity contribution in [2.45, 2.75) is 102 Å². The van der Waals surface area contributed by atoms with Crippen molar-refractivity contribution in [1.82, 2.24) is 0 Å². The largest absolute Gasteiger partial charge is 0.387 e. The smallest absolute Gasteiger partial charge is 0.187 e. The summed E-state index contributed by atoms with van der Waals surface area (Å²) in [7, 11) is 0. The first-order valence-corrected chi connectivity index (χ1v) is 9.49. The van der Waals surface area contributed by atoms with Crippen molar-refractivity contribution in [2.24, 2.45) is 0 Å². The van der Waals surface area contributed by atoms with E-state index in [2.05, 4.69) is 6.92 Å². The molecule has 5 nitrogen and oxygen atoms in total. The van der Waals surface area contributed by atoms with Crippen molar-refractivity contribution in [1.29, 1.82) is 0 Å². The molecular formula is C18H34O5. The Balaban J connectivity index is 1.36. The molecule has 0 amide bonds. The van der Waals surface area contributed by atoms with E-state index in [1.54, 1.807) is 0 Å². The number of aliphatic hydroxyl groups excluding tert-OH is 2. The van der Waals surface area contributed by atoms with Crippen molar-refractivity contribution >= 4 is 0 Å². The van der Waals surface area contributed by atoms with Crippen molar-refractivity contribution < 1.29 is 24.4 Å². The average molecular weight is 330 g/mol. The van der Waals surface area contributed by atoms with Gasteiger partial charge in [0.25, 0.3) is 0 Å². The second-order valence-electron chi connectivity index (χ2n) is 6.88. The highest BCUT2D eigenvalue weighted by Gasteiger charge is 2.55. The van der Waals surface area contributed by atoms with Crippen LogP contribution < -0.4 is 0 Å². The summed E-state index contributed by atoms with van der Waals surface area (Å²) in [4.78, 5) is 0. The Kier molecular flexibility index (Phi) is 8.83. The van der Waals surface area contributed by atoms with Crippen LogP contribution in [0.25, 0.3) is 0 Å². The molecule has 0 bridgehead atoms. The van der Waals surface area contributed by atoms with E-state index in [1.807, 2.05) is 0 Å². The second-order valence-corrected chi connectivity index (χ2v) is 6.88. The molecule has 2 saturated heterocycles. The van der Waals surface area contributed by atoms with E-state index in [0.29, 0.717) is 13.2 Å². The van der Waals surface area contributed by atoms with Gasteiger partial charge in [-0.2, -0.15) is 0 Å². The van der Waals surface area contributed by atoms with Crippen LogP contribution in [0, 0.1) is 0 Å². The number of aliphatic hydroxyl groups is 2. The quantitative estimate of drug-likeness (QED) is 0.401. The molecule has 2 fully saturated rings. The first-order chi connectivity index (χ1) is 11.2. The van der Waals surface area contributed by atoms with Crippen LogP contribution in [0.3, 0.4) is 0 Å². The van der Waals surface area contributed by atoms with Gasteiger partial charge in [-0.25, -0.2) is 0 Å². The first kappa shape index (κ1) is 19.1. The summed E-state index contributed by atoms with van der Waals surface area (Å²) in [5.74, 6) is 0. The molecule has 2 heterocycles. The van der Waals surface area contributed by atoms with Crippen LogP contribution in [0.5, 0.6) is 0 Å². The van der Waals surface area contributed by atoms with Crippen LogP contribution in [0.4, 0.5) is 0 Å². The lowest BCUT2D eigenvalue weighted by atomic mass is 10.0. The molecule has 0 saturated carbocycles. The van der Waals surface area contributed by atoms with Crippen molar-refractivity contribution in [2.75, 3.05) is 13.2 Å². The van der Waals surface area contributed by atoms with Crippen LogP contribution in [-0.2, 0) is 14.2 Å². The molecule has 0 spiro atoms. The van der Waals surface area contributed by atoms with Gasteiger partial charge in [0.1, 0.15) is 24.4 Å². The summed E-state index contributed by atoms with van der Waals surface area (Å²) in [5, 5.41) is 19.6. The number of fused-ring (bicyclic) bond motifs is 1. The number of rotatable bonds is 13. The molecule has 2 aliphatic heterocycles. The number of epoxide rings is 1. The molecule has 2 aliphatic rings. The molecule has 0 aromatic carbocycles. The summed E-state index contributed by atoms with van der Waals surface area (Å²) in [6, 6.07) is 0. The normalized spacial score (nSPS) is 32.7. The Bertz CT molecular complexity index is 312. The van der Waals surface area contributed by atoms with E-state index < -0.39 is 18.3 Å². The summed E-state index contributed by atoms with van der Waals surface area (Å²) < 4.78 is 16.2. The van der Waals surface area contributed by atoms with E-state index in [9.17, 15) is 10.2 Å². The van der Waals surface area contributed by atoms with Crippen LogP contribution in [0.15, 0.2) is 0 Å². The van der Waals surface area contributed by atoms with Crippen molar-refractivity contribution in [3.05, 3.63) is 0 Å². The molecule has 2 rings (SSSR count). The Morgan fingerprint density at radius 1 is 0.783 bits per heavy atom. The van der Waals surface area contributed by atoms with Gasteiger partial charge in [-0.1, -0.05) is 64.7 Å². The number of hydrogen-bond donors (Lipinski definition) is 2. The van der Waals surface area contributed by atoms with Gasteiger partial charge in [0.15, 0.2) is 6.29 Å². The number of ether oxygens (including phenoxy) is 3. The summed E-state index contributed by atoms with van der Waals surface area (Å²) in [6.07, 6.45) is 10.1. The van der Waals surface area contributed by atoms with Crippen LogP contribution >= 0.6 is 0 Å². The Morgan fingerprint density at radius 2 is 1.39 bits per heavy atom. The molecule has 0 aromatic heterocycles. The van der Waals surface area contributed by atoms with Gasteiger partial charge in [0.05, 0.1) is 6.61 Å². The van der Waals surface area contributed by atoms with Crippen LogP contribution in [-0.4, -0.2) is 54.1 Å². The fourth-order valence-corrected chi connectivity index (χ4v) is 3.16. The molecule has 23 heavy (non-hydrogen) atoms. The van der Waals surface area contributed by atoms with Gasteiger partial charge in [0, 0.05) is 6.61 Å². The van der Waals surface area contributed by atoms with Crippen molar-refractivity contribution in [3.8, 4) is 0 Å². The average Bonchev–Trinajstić information content (AvgIpc) is 3.32. The molecule has 136 valence electrons. The molecule has 2 N–H and O–H groups in total. The van der Waals surface area contributed by atoms with Crippen LogP contribution in [0.1, 0.15) is 71.1 Å². The third-order valence-electron chi connectivity index (χ3n) is 4.78. The van der Waals surface area contributed by atoms with Gasteiger partial charge in [-0.15, -0.1) is 0 Å². The van der Waals surface area contributed by atoms with Gasteiger partial charge in [-0.3, -0.25) is 0 Å². The summed E-state index contributed by atoms with van der Waals surface area (Å²) in [6.45, 7) is 3.26. The van der Waals surface area contributed by atoms with Gasteiger partial charge < -0.3 is 24.4 Å². The van der Waals surface area contributed by atoms with E-state index in [0.717, 1.165) is 6.42 Å². The maximum Gasteiger partial charge on any atom is 0.187 e. The van der Waals surface area contributed by atoms with Gasteiger partial charge in [0.2, 0.25) is 0 Å². The zero-order chi connectivity index (χ0) is 16.5. The lowest BCUT2D eigenvalue weighted by Crippen LogP contribution is -2.49. The zero-order valence-electron chi connectivity index (χ0n) is 14.5. The van der Waals surface area contributed by atoms with Crippen LogP contribution in [0.2, 0.25) is 0 Å². The fraction of sp³-hybridized carbons (Fsp3) is 1.00. The first-order valence-electron chi connectivity index (χ1n) is 9.49. The molecule has 0 radical (unpaired) electrons. The monoisotopic (exact) mass is 330 g/mol. The summed E-state index contributed by atoms with van der Waals surface area (Å²) >= 11 is 0.